The van der Waals surface area contributed by atoms with Crippen LogP contribution in [0.1, 0.15) is 49.4 Å². The van der Waals surface area contributed by atoms with Gasteiger partial charge in [0.25, 0.3) is 0 Å². The van der Waals surface area contributed by atoms with Crippen LogP contribution in [0.25, 0.3) is 10.9 Å². The summed E-state index contributed by atoms with van der Waals surface area (Å²) >= 11 is 3.49. The van der Waals surface area contributed by atoms with Gasteiger partial charge in [0.2, 0.25) is 0 Å². The fourth-order valence-electron chi connectivity index (χ4n) is 5.22. The van der Waals surface area contributed by atoms with Gasteiger partial charge in [-0.15, -0.1) is 0 Å². The van der Waals surface area contributed by atoms with Gasteiger partial charge in [-0.2, -0.15) is 0 Å². The van der Waals surface area contributed by atoms with E-state index in [0.717, 1.165) is 46.9 Å². The number of aromatic amines is 1. The van der Waals surface area contributed by atoms with E-state index in [-0.39, 0.29) is 30.2 Å². The first-order valence-corrected chi connectivity index (χ1v) is 11.7. The highest BCUT2D eigenvalue weighted by Crippen LogP contribution is 2.46. The number of fused-ring (bicyclic) bond motifs is 2. The minimum Gasteiger partial charge on any atom is -0.445 e. The van der Waals surface area contributed by atoms with Crippen LogP contribution in [0.4, 0.5) is 4.79 Å². The molecule has 1 saturated carbocycles. The molecule has 2 aliphatic rings. The van der Waals surface area contributed by atoms with E-state index in [4.69, 9.17) is 4.74 Å². The zero-order valence-electron chi connectivity index (χ0n) is 17.2. The zero-order valence-corrected chi connectivity index (χ0v) is 18.8. The van der Waals surface area contributed by atoms with E-state index in [2.05, 4.69) is 20.9 Å². The summed E-state index contributed by atoms with van der Waals surface area (Å²) in [4.78, 5) is 31.4. The third-order valence-electron chi connectivity index (χ3n) is 6.68. The van der Waals surface area contributed by atoms with Gasteiger partial charge >= 0.3 is 6.09 Å². The van der Waals surface area contributed by atoms with Crippen LogP contribution < -0.4 is 5.43 Å². The number of pyridine rings is 1. The lowest BCUT2D eigenvalue weighted by molar-refractivity contribution is 0.0686. The Kier molecular flexibility index (Phi) is 5.57. The topological polar surface area (TPSA) is 62.4 Å². The van der Waals surface area contributed by atoms with Crippen LogP contribution in [0.3, 0.4) is 0 Å². The Labute approximate surface area is 189 Å². The largest absolute Gasteiger partial charge is 0.445 e. The van der Waals surface area contributed by atoms with Crippen molar-refractivity contribution < 1.29 is 9.53 Å². The second-order valence-corrected chi connectivity index (χ2v) is 9.51. The Morgan fingerprint density at radius 2 is 1.90 bits per heavy atom. The van der Waals surface area contributed by atoms with E-state index >= 15 is 0 Å². The van der Waals surface area contributed by atoms with Crippen molar-refractivity contribution in [3.05, 3.63) is 80.6 Å². The minimum absolute atomic E-state index is 0.0243. The molecule has 0 radical (unpaired) electrons. The molecule has 2 heterocycles. The van der Waals surface area contributed by atoms with Crippen molar-refractivity contribution in [3.8, 4) is 0 Å². The molecular formula is C25H25BrN2O3. The fraction of sp³-hybridized carbons (Fsp3) is 0.360. The Morgan fingerprint density at radius 1 is 1.10 bits per heavy atom. The summed E-state index contributed by atoms with van der Waals surface area (Å²) in [6.45, 7) is 0.251. The highest BCUT2D eigenvalue weighted by molar-refractivity contribution is 9.10. The number of nitrogens with zero attached hydrogens (tertiary/aromatic N) is 1. The highest BCUT2D eigenvalue weighted by Gasteiger charge is 2.46. The van der Waals surface area contributed by atoms with Gasteiger partial charge in [0, 0.05) is 27.7 Å². The molecule has 1 aliphatic heterocycles. The number of likely N-dealkylation sites (tertiary alicyclic amines) is 1. The number of ether oxygens (including phenoxy) is 1. The molecule has 31 heavy (non-hydrogen) atoms. The summed E-state index contributed by atoms with van der Waals surface area (Å²) in [6, 6.07) is 17.0. The van der Waals surface area contributed by atoms with Gasteiger partial charge in [0.15, 0.2) is 5.43 Å². The predicted molar refractivity (Wildman–Crippen MR) is 124 cm³/mol. The van der Waals surface area contributed by atoms with Crippen molar-refractivity contribution >= 4 is 32.9 Å². The molecule has 2 fully saturated rings. The molecular weight excluding hydrogens is 456 g/mol. The number of carbonyl (C=O) groups excluding carboxylic acids is 1. The van der Waals surface area contributed by atoms with Crippen LogP contribution in [0.15, 0.2) is 63.9 Å². The summed E-state index contributed by atoms with van der Waals surface area (Å²) in [5, 5.41) is 0.653. The summed E-state index contributed by atoms with van der Waals surface area (Å²) in [5.74, 6) is 0.449. The minimum atomic E-state index is -0.293. The number of rotatable bonds is 3. The monoisotopic (exact) mass is 480 g/mol. The van der Waals surface area contributed by atoms with E-state index in [0.29, 0.717) is 11.3 Å². The predicted octanol–water partition coefficient (Wildman–Crippen LogP) is 5.93. The van der Waals surface area contributed by atoms with E-state index in [1.807, 2.05) is 53.4 Å². The van der Waals surface area contributed by atoms with Gasteiger partial charge in [0.1, 0.15) is 6.61 Å². The molecule has 1 saturated heterocycles. The van der Waals surface area contributed by atoms with Gasteiger partial charge in [-0.3, -0.25) is 9.69 Å². The van der Waals surface area contributed by atoms with Gasteiger partial charge in [-0.1, -0.05) is 59.1 Å². The highest BCUT2D eigenvalue weighted by atomic mass is 79.9. The summed E-state index contributed by atoms with van der Waals surface area (Å²) < 4.78 is 6.65. The average Bonchev–Trinajstić information content (AvgIpc) is 3.17. The number of benzene rings is 2. The molecule has 160 valence electrons. The number of carbonyl (C=O) groups is 1. The molecule has 1 aromatic heterocycles. The number of amides is 1. The molecule has 6 heteroatoms. The van der Waals surface area contributed by atoms with Crippen LogP contribution in [0.2, 0.25) is 0 Å². The second-order valence-electron chi connectivity index (χ2n) is 8.59. The number of aromatic nitrogens is 1. The van der Waals surface area contributed by atoms with Gasteiger partial charge in [-0.25, -0.2) is 4.79 Å². The van der Waals surface area contributed by atoms with Crippen LogP contribution in [-0.2, 0) is 11.3 Å². The van der Waals surface area contributed by atoms with Crippen LogP contribution >= 0.6 is 15.9 Å². The van der Waals surface area contributed by atoms with Crippen LogP contribution in [0.5, 0.6) is 0 Å². The maximum Gasteiger partial charge on any atom is 0.410 e. The van der Waals surface area contributed by atoms with E-state index in [9.17, 15) is 9.59 Å². The normalized spacial score (nSPS) is 23.0. The van der Waals surface area contributed by atoms with Gasteiger partial charge in [-0.05, 0) is 48.9 Å². The SMILES string of the molecule is O=C(OCc1ccccc1)N1[C@H](c2cc(=O)c3ccc(Br)cc3[nH]2)C[C@@H]2CCCC[C@@H]21. The number of hydrogen-bond donors (Lipinski definition) is 1. The van der Waals surface area contributed by atoms with Gasteiger partial charge in [0.05, 0.1) is 11.6 Å². The number of nitrogens with one attached hydrogen (secondary N) is 1. The Balaban J connectivity index is 1.47. The van der Waals surface area contributed by atoms with Crippen LogP contribution in [-0.4, -0.2) is 22.0 Å². The van der Waals surface area contributed by atoms with Crippen molar-refractivity contribution in [1.82, 2.24) is 9.88 Å². The summed E-state index contributed by atoms with van der Waals surface area (Å²) in [7, 11) is 0. The lowest BCUT2D eigenvalue weighted by atomic mass is 9.84. The van der Waals surface area contributed by atoms with Crippen molar-refractivity contribution in [3.63, 3.8) is 0 Å². The molecule has 5 rings (SSSR count). The molecule has 0 bridgehead atoms. The summed E-state index contributed by atoms with van der Waals surface area (Å²) in [5.41, 5.74) is 2.52. The Hall–Kier alpha value is -2.60. The fourth-order valence-corrected chi connectivity index (χ4v) is 5.58. The standard InChI is InChI=1S/C25H25BrN2O3/c26-18-10-11-19-20(13-18)27-21(14-24(19)29)23-12-17-8-4-5-9-22(17)28(23)25(30)31-15-16-6-2-1-3-7-16/h1-3,6-7,10-11,13-14,17,22-23H,4-5,8-9,12,15H2,(H,27,29)/t17-,22-,23-/m0/s1. The molecule has 3 aromatic rings. The van der Waals surface area contributed by atoms with Crippen molar-refractivity contribution in [2.24, 2.45) is 5.92 Å². The maximum atomic E-state index is 13.3. The molecule has 1 amide bonds. The lowest BCUT2D eigenvalue weighted by Crippen LogP contribution is -2.41. The van der Waals surface area contributed by atoms with Gasteiger partial charge < -0.3 is 9.72 Å². The van der Waals surface area contributed by atoms with E-state index < -0.39 is 0 Å². The molecule has 5 nitrogen and oxygen atoms in total. The third-order valence-corrected chi connectivity index (χ3v) is 7.17. The van der Waals surface area contributed by atoms with Crippen molar-refractivity contribution in [2.75, 3.05) is 0 Å². The third kappa shape index (κ3) is 4.01. The number of H-pyrrole nitrogens is 1. The zero-order chi connectivity index (χ0) is 21.4. The van der Waals surface area contributed by atoms with Crippen LogP contribution in [0, 0.1) is 5.92 Å². The molecule has 0 unspecified atom stereocenters. The Morgan fingerprint density at radius 3 is 2.74 bits per heavy atom. The molecule has 2 aromatic carbocycles. The van der Waals surface area contributed by atoms with E-state index in [1.165, 1.54) is 6.42 Å². The summed E-state index contributed by atoms with van der Waals surface area (Å²) in [6.07, 6.45) is 5.00. The van der Waals surface area contributed by atoms with Crippen molar-refractivity contribution in [2.45, 2.75) is 50.8 Å². The quantitative estimate of drug-likeness (QED) is 0.504. The molecule has 0 spiro atoms. The number of hydrogen-bond acceptors (Lipinski definition) is 3. The first-order chi connectivity index (χ1) is 15.1. The molecule has 1 N–H and O–H groups in total. The Bertz CT molecular complexity index is 1160. The first kappa shape index (κ1) is 20.3. The maximum absolute atomic E-state index is 13.3. The molecule has 3 atom stereocenters. The van der Waals surface area contributed by atoms with Crippen molar-refractivity contribution in [1.29, 1.82) is 0 Å². The first-order valence-electron chi connectivity index (χ1n) is 10.9. The lowest BCUT2D eigenvalue weighted by Gasteiger charge is -2.33. The number of halogens is 1. The second kappa shape index (κ2) is 8.50. The van der Waals surface area contributed by atoms with E-state index in [1.54, 1.807) is 6.07 Å². The smallest absolute Gasteiger partial charge is 0.410 e. The average molecular weight is 481 g/mol. The molecule has 1 aliphatic carbocycles.